The SMILES string of the molecule is COC(=O)CC[C@H](C)[C@H]1CC[C@H]2[C@@H]3CC[C@H]4CCCC[C@]4(C)[C@H]3[C@@H](OC(C)=O)[C@H](OC(C)=O)[C@]12C. The monoisotopic (exact) mass is 490 g/mol. The fourth-order valence-corrected chi connectivity index (χ4v) is 9.62. The van der Waals surface area contributed by atoms with Gasteiger partial charge < -0.3 is 14.2 Å². The van der Waals surface area contributed by atoms with Crippen molar-refractivity contribution in [1.29, 1.82) is 0 Å². The van der Waals surface area contributed by atoms with Crippen molar-refractivity contribution in [2.45, 2.75) is 111 Å². The summed E-state index contributed by atoms with van der Waals surface area (Å²) >= 11 is 0. The number of carbonyl (C=O) groups excluding carboxylic acids is 3. The van der Waals surface area contributed by atoms with Crippen molar-refractivity contribution >= 4 is 17.9 Å². The van der Waals surface area contributed by atoms with E-state index in [1.165, 1.54) is 53.1 Å². The first-order chi connectivity index (χ1) is 16.5. The molecule has 4 fully saturated rings. The molecule has 0 bridgehead atoms. The average Bonchev–Trinajstić information content (AvgIpc) is 3.16. The summed E-state index contributed by atoms with van der Waals surface area (Å²) in [6.45, 7) is 9.91. The lowest BCUT2D eigenvalue weighted by atomic mass is 9.43. The van der Waals surface area contributed by atoms with Gasteiger partial charge in [-0.15, -0.1) is 0 Å². The van der Waals surface area contributed by atoms with E-state index in [1.54, 1.807) is 0 Å². The molecule has 10 atom stereocenters. The summed E-state index contributed by atoms with van der Waals surface area (Å²) in [4.78, 5) is 36.9. The molecule has 4 saturated carbocycles. The third-order valence-electron chi connectivity index (χ3n) is 11.0. The van der Waals surface area contributed by atoms with Crippen LogP contribution in [-0.4, -0.2) is 37.2 Å². The highest BCUT2D eigenvalue weighted by atomic mass is 16.6. The van der Waals surface area contributed by atoms with Crippen molar-refractivity contribution in [2.24, 2.45) is 46.3 Å². The summed E-state index contributed by atoms with van der Waals surface area (Å²) in [6.07, 6.45) is 9.75. The van der Waals surface area contributed by atoms with Crippen LogP contribution in [0.1, 0.15) is 98.8 Å². The van der Waals surface area contributed by atoms with Gasteiger partial charge in [-0.05, 0) is 80.0 Å². The molecule has 35 heavy (non-hydrogen) atoms. The first kappa shape index (κ1) is 26.5. The highest BCUT2D eigenvalue weighted by Crippen LogP contribution is 2.69. The van der Waals surface area contributed by atoms with Gasteiger partial charge in [-0.1, -0.05) is 33.6 Å². The van der Waals surface area contributed by atoms with E-state index in [9.17, 15) is 14.4 Å². The van der Waals surface area contributed by atoms with Gasteiger partial charge in [-0.3, -0.25) is 14.4 Å². The van der Waals surface area contributed by atoms with Gasteiger partial charge in [0.25, 0.3) is 0 Å². The Morgan fingerprint density at radius 3 is 2.31 bits per heavy atom. The Labute approximate surface area is 211 Å². The largest absolute Gasteiger partial charge is 0.469 e. The van der Waals surface area contributed by atoms with Crippen LogP contribution >= 0.6 is 0 Å². The molecule has 0 aliphatic heterocycles. The van der Waals surface area contributed by atoms with Gasteiger partial charge in [-0.2, -0.15) is 0 Å². The topological polar surface area (TPSA) is 78.9 Å². The number of methoxy groups -OCH3 is 1. The van der Waals surface area contributed by atoms with E-state index in [1.807, 2.05) is 0 Å². The van der Waals surface area contributed by atoms with E-state index < -0.39 is 12.2 Å². The number of hydrogen-bond acceptors (Lipinski definition) is 6. The molecule has 198 valence electrons. The molecule has 0 N–H and O–H groups in total. The summed E-state index contributed by atoms with van der Waals surface area (Å²) in [5, 5.41) is 0. The quantitative estimate of drug-likeness (QED) is 0.351. The van der Waals surface area contributed by atoms with Crippen molar-refractivity contribution in [2.75, 3.05) is 7.11 Å². The average molecular weight is 491 g/mol. The molecular formula is C29H46O6. The fourth-order valence-electron chi connectivity index (χ4n) is 9.62. The van der Waals surface area contributed by atoms with Gasteiger partial charge in [0.05, 0.1) is 7.11 Å². The third kappa shape index (κ3) is 4.52. The van der Waals surface area contributed by atoms with E-state index in [0.717, 1.165) is 25.7 Å². The molecule has 0 radical (unpaired) electrons. The van der Waals surface area contributed by atoms with Crippen LogP contribution in [0.2, 0.25) is 0 Å². The first-order valence-corrected chi connectivity index (χ1v) is 13.9. The minimum absolute atomic E-state index is 0.107. The Kier molecular flexibility index (Phi) is 7.60. The lowest BCUT2D eigenvalue weighted by molar-refractivity contribution is -0.246. The minimum Gasteiger partial charge on any atom is -0.469 e. The zero-order valence-electron chi connectivity index (χ0n) is 22.6. The second-order valence-electron chi connectivity index (χ2n) is 12.6. The zero-order chi connectivity index (χ0) is 25.5. The predicted molar refractivity (Wildman–Crippen MR) is 132 cm³/mol. The Balaban J connectivity index is 1.76. The number of carbonyl (C=O) groups is 3. The molecule has 0 aromatic rings. The number of esters is 3. The van der Waals surface area contributed by atoms with Crippen LogP contribution < -0.4 is 0 Å². The standard InChI is InChI=1S/C29H46O6/c1-17(10-15-24(32)33-6)22-13-14-23-21-12-11-20-9-7-8-16-28(20,4)25(21)26(34-18(2)30)27(29(22,23)5)35-19(3)31/h17,20-23,25-27H,7-16H2,1-6H3/t17-,20+,21-,22+,23-,25+,26+,27-,28-,29+/m0/s1. The Hall–Kier alpha value is -1.59. The molecule has 4 aliphatic carbocycles. The molecule has 0 aromatic carbocycles. The van der Waals surface area contributed by atoms with Crippen LogP contribution in [0.5, 0.6) is 0 Å². The van der Waals surface area contributed by atoms with E-state index in [0.29, 0.717) is 24.2 Å². The summed E-state index contributed by atoms with van der Waals surface area (Å²) in [7, 11) is 1.43. The molecule has 0 unspecified atom stereocenters. The summed E-state index contributed by atoms with van der Waals surface area (Å²) in [5.41, 5.74) is -0.185. The molecule has 4 rings (SSSR count). The van der Waals surface area contributed by atoms with Crippen LogP contribution in [-0.2, 0) is 28.6 Å². The van der Waals surface area contributed by atoms with Crippen LogP contribution in [0.3, 0.4) is 0 Å². The second-order valence-corrected chi connectivity index (χ2v) is 12.6. The van der Waals surface area contributed by atoms with Gasteiger partial charge in [-0.25, -0.2) is 0 Å². The normalized spacial score (nSPS) is 43.2. The van der Waals surface area contributed by atoms with E-state index in [-0.39, 0.29) is 46.5 Å². The molecular weight excluding hydrogens is 444 g/mol. The predicted octanol–water partition coefficient (Wildman–Crippen LogP) is 5.71. The first-order valence-electron chi connectivity index (χ1n) is 13.9. The molecule has 6 nitrogen and oxygen atoms in total. The van der Waals surface area contributed by atoms with Crippen molar-refractivity contribution in [3.8, 4) is 0 Å². The maximum absolute atomic E-state index is 12.5. The maximum atomic E-state index is 12.5. The fraction of sp³-hybridized carbons (Fsp3) is 0.897. The number of hydrogen-bond donors (Lipinski definition) is 0. The van der Waals surface area contributed by atoms with Gasteiger partial charge >= 0.3 is 17.9 Å². The van der Waals surface area contributed by atoms with Gasteiger partial charge in [0, 0.05) is 31.6 Å². The van der Waals surface area contributed by atoms with Crippen LogP contribution in [0.25, 0.3) is 0 Å². The zero-order valence-corrected chi connectivity index (χ0v) is 22.6. The molecule has 0 spiro atoms. The van der Waals surface area contributed by atoms with E-state index in [4.69, 9.17) is 14.2 Å². The number of fused-ring (bicyclic) bond motifs is 5. The summed E-state index contributed by atoms with van der Waals surface area (Å²) in [5.74, 6) is 1.55. The maximum Gasteiger partial charge on any atom is 0.305 e. The second kappa shape index (κ2) is 10.0. The highest BCUT2D eigenvalue weighted by molar-refractivity contribution is 5.69. The molecule has 0 aromatic heterocycles. The van der Waals surface area contributed by atoms with Gasteiger partial charge in [0.15, 0.2) is 0 Å². The number of rotatable bonds is 6. The lowest BCUT2D eigenvalue weighted by Crippen LogP contribution is -2.66. The van der Waals surface area contributed by atoms with Crippen molar-refractivity contribution < 1.29 is 28.6 Å². The molecule has 0 amide bonds. The van der Waals surface area contributed by atoms with Gasteiger partial charge in [0.2, 0.25) is 0 Å². The Bertz CT molecular complexity index is 824. The smallest absolute Gasteiger partial charge is 0.305 e. The van der Waals surface area contributed by atoms with Crippen LogP contribution in [0.15, 0.2) is 0 Å². The number of ether oxygens (including phenoxy) is 3. The van der Waals surface area contributed by atoms with Crippen molar-refractivity contribution in [1.82, 2.24) is 0 Å². The minimum atomic E-state index is -0.458. The van der Waals surface area contributed by atoms with Gasteiger partial charge in [0.1, 0.15) is 12.2 Å². The lowest BCUT2D eigenvalue weighted by Gasteiger charge is -2.64. The Morgan fingerprint density at radius 1 is 0.943 bits per heavy atom. The summed E-state index contributed by atoms with van der Waals surface area (Å²) in [6, 6.07) is 0. The van der Waals surface area contributed by atoms with Crippen molar-refractivity contribution in [3.05, 3.63) is 0 Å². The molecule has 0 heterocycles. The van der Waals surface area contributed by atoms with Crippen molar-refractivity contribution in [3.63, 3.8) is 0 Å². The third-order valence-corrected chi connectivity index (χ3v) is 11.0. The van der Waals surface area contributed by atoms with Crippen LogP contribution in [0.4, 0.5) is 0 Å². The summed E-state index contributed by atoms with van der Waals surface area (Å²) < 4.78 is 17.3. The molecule has 0 saturated heterocycles. The van der Waals surface area contributed by atoms with E-state index in [2.05, 4.69) is 20.8 Å². The van der Waals surface area contributed by atoms with Crippen LogP contribution in [0, 0.1) is 46.3 Å². The molecule has 4 aliphatic rings. The van der Waals surface area contributed by atoms with E-state index >= 15 is 0 Å². The molecule has 6 heteroatoms. The highest BCUT2D eigenvalue weighted by Gasteiger charge is 2.69. The Morgan fingerprint density at radius 2 is 1.66 bits per heavy atom.